The van der Waals surface area contributed by atoms with Gasteiger partial charge in [-0.1, -0.05) is 20.3 Å². The lowest BCUT2D eigenvalue weighted by Gasteiger charge is -2.37. The monoisotopic (exact) mass is 279 g/mol. The number of hydrogen-bond donors (Lipinski definition) is 1. The summed E-state index contributed by atoms with van der Waals surface area (Å²) < 4.78 is 12.9. The third kappa shape index (κ3) is 3.93. The fourth-order valence-corrected chi connectivity index (χ4v) is 2.62. The molecule has 0 saturated carbocycles. The topological polar surface area (TPSA) is 32.5 Å². The molecule has 2 rings (SSSR count). The molecule has 0 spiro atoms. The van der Waals surface area contributed by atoms with Crippen LogP contribution in [0, 0.1) is 11.7 Å². The number of hydrogen-bond acceptors (Lipinski definition) is 3. The maximum Gasteiger partial charge on any atom is 0.123 e. The van der Waals surface area contributed by atoms with Crippen LogP contribution in [-0.2, 0) is 0 Å². The van der Waals surface area contributed by atoms with Crippen LogP contribution < -0.4 is 10.6 Å². The van der Waals surface area contributed by atoms with Gasteiger partial charge in [0.25, 0.3) is 0 Å². The van der Waals surface area contributed by atoms with E-state index in [1.807, 2.05) is 12.1 Å². The molecular weight excluding hydrogens is 253 g/mol. The Kier molecular flexibility index (Phi) is 5.38. The van der Waals surface area contributed by atoms with E-state index >= 15 is 0 Å². The lowest BCUT2D eigenvalue weighted by atomic mass is 9.99. The van der Waals surface area contributed by atoms with Crippen molar-refractivity contribution in [3.05, 3.63) is 30.1 Å². The second-order valence-corrected chi connectivity index (χ2v) is 5.81. The zero-order chi connectivity index (χ0) is 14.5. The highest BCUT2D eigenvalue weighted by atomic mass is 19.1. The van der Waals surface area contributed by atoms with E-state index in [4.69, 9.17) is 5.73 Å². The normalized spacial score (nSPS) is 19.9. The number of benzene rings is 1. The van der Waals surface area contributed by atoms with Crippen molar-refractivity contribution in [1.82, 2.24) is 4.90 Å². The standard InChI is InChI=1S/C16H26FN3/c1-3-13(2)16(18)12-19-8-10-20(11-9-19)15-6-4-14(17)5-7-15/h4-7,13,16H,3,8-12,18H2,1-2H3/t13?,16-/m1/s1. The van der Waals surface area contributed by atoms with E-state index in [-0.39, 0.29) is 11.9 Å². The number of halogens is 1. The van der Waals surface area contributed by atoms with Gasteiger partial charge in [0.05, 0.1) is 0 Å². The summed E-state index contributed by atoms with van der Waals surface area (Å²) >= 11 is 0. The smallest absolute Gasteiger partial charge is 0.123 e. The quantitative estimate of drug-likeness (QED) is 0.898. The Morgan fingerprint density at radius 2 is 1.75 bits per heavy atom. The highest BCUT2D eigenvalue weighted by molar-refractivity contribution is 5.46. The lowest BCUT2D eigenvalue weighted by molar-refractivity contribution is 0.220. The first-order valence-electron chi connectivity index (χ1n) is 7.58. The van der Waals surface area contributed by atoms with Crippen LogP contribution in [0.4, 0.5) is 10.1 Å². The van der Waals surface area contributed by atoms with E-state index < -0.39 is 0 Å². The van der Waals surface area contributed by atoms with E-state index in [0.29, 0.717) is 5.92 Å². The minimum absolute atomic E-state index is 0.174. The van der Waals surface area contributed by atoms with Crippen molar-refractivity contribution in [3.8, 4) is 0 Å². The Morgan fingerprint density at radius 3 is 2.30 bits per heavy atom. The maximum absolute atomic E-state index is 12.9. The molecule has 1 aliphatic rings. The summed E-state index contributed by atoms with van der Waals surface area (Å²) in [4.78, 5) is 4.75. The Bertz CT molecular complexity index is 399. The van der Waals surface area contributed by atoms with Crippen molar-refractivity contribution in [2.24, 2.45) is 11.7 Å². The molecule has 1 fully saturated rings. The molecule has 0 bridgehead atoms. The number of anilines is 1. The van der Waals surface area contributed by atoms with Gasteiger partial charge in [-0.25, -0.2) is 4.39 Å². The zero-order valence-electron chi connectivity index (χ0n) is 12.6. The Balaban J connectivity index is 1.82. The van der Waals surface area contributed by atoms with Crippen molar-refractivity contribution in [1.29, 1.82) is 0 Å². The Labute approximate surface area is 121 Å². The maximum atomic E-state index is 12.9. The van der Waals surface area contributed by atoms with Gasteiger partial charge in [0, 0.05) is 44.5 Å². The molecule has 2 atom stereocenters. The molecule has 0 amide bonds. The van der Waals surface area contributed by atoms with Gasteiger partial charge < -0.3 is 10.6 Å². The number of piperazine rings is 1. The molecule has 1 heterocycles. The molecule has 112 valence electrons. The first-order chi connectivity index (χ1) is 9.60. The molecule has 1 unspecified atom stereocenters. The summed E-state index contributed by atoms with van der Waals surface area (Å²) in [5.74, 6) is 0.400. The molecule has 1 aliphatic heterocycles. The predicted octanol–water partition coefficient (Wildman–Crippen LogP) is 2.32. The van der Waals surface area contributed by atoms with E-state index in [1.54, 1.807) is 0 Å². The summed E-state index contributed by atoms with van der Waals surface area (Å²) in [5, 5.41) is 0. The fraction of sp³-hybridized carbons (Fsp3) is 0.625. The minimum atomic E-state index is -0.174. The lowest BCUT2D eigenvalue weighted by Crippen LogP contribution is -2.51. The third-order valence-corrected chi connectivity index (χ3v) is 4.41. The van der Waals surface area contributed by atoms with Crippen LogP contribution in [0.2, 0.25) is 0 Å². The van der Waals surface area contributed by atoms with Gasteiger partial charge in [-0.15, -0.1) is 0 Å². The van der Waals surface area contributed by atoms with Gasteiger partial charge in [-0.3, -0.25) is 4.90 Å². The van der Waals surface area contributed by atoms with E-state index in [0.717, 1.165) is 44.8 Å². The summed E-state index contributed by atoms with van der Waals surface area (Å²) in [7, 11) is 0. The SMILES string of the molecule is CCC(C)[C@H](N)CN1CCN(c2ccc(F)cc2)CC1. The largest absolute Gasteiger partial charge is 0.369 e. The summed E-state index contributed by atoms with van der Waals surface area (Å²) in [6.45, 7) is 9.42. The van der Waals surface area contributed by atoms with Gasteiger partial charge >= 0.3 is 0 Å². The van der Waals surface area contributed by atoms with Crippen molar-refractivity contribution in [2.75, 3.05) is 37.6 Å². The second-order valence-electron chi connectivity index (χ2n) is 5.81. The van der Waals surface area contributed by atoms with Gasteiger partial charge in [0.15, 0.2) is 0 Å². The van der Waals surface area contributed by atoms with Crippen LogP contribution in [0.3, 0.4) is 0 Å². The molecule has 4 heteroatoms. The minimum Gasteiger partial charge on any atom is -0.369 e. The molecule has 0 radical (unpaired) electrons. The van der Waals surface area contributed by atoms with Crippen LogP contribution in [0.1, 0.15) is 20.3 Å². The van der Waals surface area contributed by atoms with Crippen molar-refractivity contribution >= 4 is 5.69 Å². The molecule has 1 aromatic carbocycles. The average Bonchev–Trinajstić information content (AvgIpc) is 2.48. The predicted molar refractivity (Wildman–Crippen MR) is 82.5 cm³/mol. The first-order valence-corrected chi connectivity index (χ1v) is 7.58. The van der Waals surface area contributed by atoms with E-state index in [1.165, 1.54) is 12.1 Å². The van der Waals surface area contributed by atoms with E-state index in [9.17, 15) is 4.39 Å². The zero-order valence-corrected chi connectivity index (χ0v) is 12.6. The highest BCUT2D eigenvalue weighted by Gasteiger charge is 2.20. The van der Waals surface area contributed by atoms with Crippen molar-refractivity contribution in [2.45, 2.75) is 26.3 Å². The van der Waals surface area contributed by atoms with E-state index in [2.05, 4.69) is 23.6 Å². The molecule has 1 aromatic rings. The molecule has 3 nitrogen and oxygen atoms in total. The van der Waals surface area contributed by atoms with Crippen molar-refractivity contribution < 1.29 is 4.39 Å². The van der Waals surface area contributed by atoms with Gasteiger partial charge in [0.1, 0.15) is 5.82 Å². The van der Waals surface area contributed by atoms with Crippen LogP contribution in [-0.4, -0.2) is 43.7 Å². The molecule has 2 N–H and O–H groups in total. The van der Waals surface area contributed by atoms with Crippen LogP contribution in [0.15, 0.2) is 24.3 Å². The highest BCUT2D eigenvalue weighted by Crippen LogP contribution is 2.17. The molecule has 0 aromatic heterocycles. The van der Waals surface area contributed by atoms with Gasteiger partial charge in [-0.05, 0) is 30.2 Å². The van der Waals surface area contributed by atoms with Crippen molar-refractivity contribution in [3.63, 3.8) is 0 Å². The summed E-state index contributed by atoms with van der Waals surface area (Å²) in [6.07, 6.45) is 1.14. The molecular formula is C16H26FN3. The van der Waals surface area contributed by atoms with Crippen LogP contribution >= 0.6 is 0 Å². The molecule has 0 aliphatic carbocycles. The third-order valence-electron chi connectivity index (χ3n) is 4.41. The van der Waals surface area contributed by atoms with Gasteiger partial charge in [-0.2, -0.15) is 0 Å². The average molecular weight is 279 g/mol. The number of nitrogens with zero attached hydrogens (tertiary/aromatic N) is 2. The Morgan fingerprint density at radius 1 is 1.15 bits per heavy atom. The second kappa shape index (κ2) is 7.04. The van der Waals surface area contributed by atoms with Crippen LogP contribution in [0.5, 0.6) is 0 Å². The number of nitrogens with two attached hydrogens (primary N) is 1. The fourth-order valence-electron chi connectivity index (χ4n) is 2.62. The molecule has 20 heavy (non-hydrogen) atoms. The van der Waals surface area contributed by atoms with Crippen LogP contribution in [0.25, 0.3) is 0 Å². The first kappa shape index (κ1) is 15.3. The molecule has 1 saturated heterocycles. The Hall–Kier alpha value is -1.13. The summed E-state index contributed by atoms with van der Waals surface area (Å²) in [5.41, 5.74) is 7.33. The van der Waals surface area contributed by atoms with Gasteiger partial charge in [0.2, 0.25) is 0 Å². The number of rotatable bonds is 5. The summed E-state index contributed by atoms with van der Waals surface area (Å²) in [6, 6.07) is 7.03.